The van der Waals surface area contributed by atoms with Gasteiger partial charge in [-0.25, -0.2) is 13.2 Å². The first-order valence-corrected chi connectivity index (χ1v) is 4.61. The Labute approximate surface area is 95.2 Å². The average Bonchev–Trinajstić information content (AvgIpc) is 2.36. The van der Waals surface area contributed by atoms with Gasteiger partial charge in [0.2, 0.25) is 17.7 Å². The van der Waals surface area contributed by atoms with Crippen LogP contribution in [0.15, 0.2) is 24.3 Å². The molecule has 1 unspecified atom stereocenters. The molecule has 0 aliphatic heterocycles. The standard InChI is InChI=1S/C11H9F3O3/c1-17-7-4-2-6(3-5-7)9(15)8(12)10(16)11(13)14/h2-5,8,11H,1H3. The molecule has 0 bridgehead atoms. The van der Waals surface area contributed by atoms with E-state index < -0.39 is 24.2 Å². The second-order valence-electron chi connectivity index (χ2n) is 3.16. The third kappa shape index (κ3) is 3.05. The molecule has 0 saturated carbocycles. The Bertz CT molecular complexity index is 414. The van der Waals surface area contributed by atoms with Gasteiger partial charge in [-0.2, -0.15) is 0 Å². The van der Waals surface area contributed by atoms with Gasteiger partial charge in [-0.3, -0.25) is 9.59 Å². The highest BCUT2D eigenvalue weighted by Gasteiger charge is 2.33. The number of rotatable bonds is 5. The van der Waals surface area contributed by atoms with Crippen LogP contribution in [0.4, 0.5) is 13.2 Å². The van der Waals surface area contributed by atoms with Crippen LogP contribution < -0.4 is 4.74 Å². The van der Waals surface area contributed by atoms with Crippen molar-refractivity contribution >= 4 is 11.6 Å². The van der Waals surface area contributed by atoms with E-state index in [4.69, 9.17) is 4.74 Å². The number of halogens is 3. The number of carbonyl (C=O) groups is 2. The molecule has 0 aliphatic carbocycles. The molecule has 1 rings (SSSR count). The summed E-state index contributed by atoms with van der Waals surface area (Å²) in [6, 6.07) is 5.14. The van der Waals surface area contributed by atoms with Gasteiger partial charge in [0.25, 0.3) is 6.43 Å². The first-order chi connectivity index (χ1) is 7.97. The van der Waals surface area contributed by atoms with Crippen LogP contribution in [-0.4, -0.2) is 31.3 Å². The fourth-order valence-corrected chi connectivity index (χ4v) is 1.14. The number of carbonyl (C=O) groups excluding carboxylic acids is 2. The number of benzene rings is 1. The molecule has 0 aliphatic rings. The van der Waals surface area contributed by atoms with Crippen molar-refractivity contribution in [2.45, 2.75) is 12.6 Å². The Morgan fingerprint density at radius 3 is 2.06 bits per heavy atom. The van der Waals surface area contributed by atoms with E-state index in [2.05, 4.69) is 0 Å². The summed E-state index contributed by atoms with van der Waals surface area (Å²) < 4.78 is 41.7. The molecule has 3 nitrogen and oxygen atoms in total. The number of ketones is 2. The molecule has 0 N–H and O–H groups in total. The van der Waals surface area contributed by atoms with Gasteiger partial charge in [0.05, 0.1) is 7.11 Å². The molecule has 1 aromatic rings. The Hall–Kier alpha value is -1.85. The maximum atomic E-state index is 13.1. The summed E-state index contributed by atoms with van der Waals surface area (Å²) in [4.78, 5) is 21.9. The van der Waals surface area contributed by atoms with Crippen LogP contribution in [0.1, 0.15) is 10.4 Å². The van der Waals surface area contributed by atoms with Gasteiger partial charge in [-0.1, -0.05) is 0 Å². The van der Waals surface area contributed by atoms with Gasteiger partial charge >= 0.3 is 0 Å². The summed E-state index contributed by atoms with van der Waals surface area (Å²) in [5, 5.41) is 0. The topological polar surface area (TPSA) is 43.4 Å². The van der Waals surface area contributed by atoms with Crippen molar-refractivity contribution in [3.63, 3.8) is 0 Å². The van der Waals surface area contributed by atoms with Crippen LogP contribution in [0.25, 0.3) is 0 Å². The second kappa shape index (κ2) is 5.47. The second-order valence-corrected chi connectivity index (χ2v) is 3.16. The largest absolute Gasteiger partial charge is 0.497 e. The predicted molar refractivity (Wildman–Crippen MR) is 53.2 cm³/mol. The average molecular weight is 246 g/mol. The molecule has 0 aromatic heterocycles. The molecule has 17 heavy (non-hydrogen) atoms. The zero-order chi connectivity index (χ0) is 13.0. The third-order valence-corrected chi connectivity index (χ3v) is 2.07. The van der Waals surface area contributed by atoms with Crippen LogP contribution in [0.5, 0.6) is 5.75 Å². The Balaban J connectivity index is 2.85. The quantitative estimate of drug-likeness (QED) is 0.590. The van der Waals surface area contributed by atoms with Crippen molar-refractivity contribution in [1.82, 2.24) is 0 Å². The molecule has 0 radical (unpaired) electrons. The molecule has 1 atom stereocenters. The molecule has 0 heterocycles. The Kier molecular flexibility index (Phi) is 4.25. The summed E-state index contributed by atoms with van der Waals surface area (Å²) in [5.74, 6) is -2.87. The van der Waals surface area contributed by atoms with Crippen molar-refractivity contribution in [3.05, 3.63) is 29.8 Å². The maximum absolute atomic E-state index is 13.1. The number of hydrogen-bond acceptors (Lipinski definition) is 3. The lowest BCUT2D eigenvalue weighted by molar-refractivity contribution is -0.132. The van der Waals surface area contributed by atoms with Gasteiger partial charge < -0.3 is 4.74 Å². The molecule has 6 heteroatoms. The lowest BCUT2D eigenvalue weighted by atomic mass is 10.0. The van der Waals surface area contributed by atoms with Gasteiger partial charge in [-0.15, -0.1) is 0 Å². The third-order valence-electron chi connectivity index (χ3n) is 2.07. The Morgan fingerprint density at radius 1 is 1.12 bits per heavy atom. The molecule has 0 amide bonds. The number of Topliss-reactive ketones (excluding diaryl/α,β-unsaturated/α-hetero) is 2. The lowest BCUT2D eigenvalue weighted by Crippen LogP contribution is -2.30. The molecule has 1 aromatic carbocycles. The van der Waals surface area contributed by atoms with E-state index in [1.54, 1.807) is 0 Å². The first kappa shape index (κ1) is 13.2. The van der Waals surface area contributed by atoms with E-state index in [-0.39, 0.29) is 5.56 Å². The fraction of sp³-hybridized carbons (Fsp3) is 0.273. The number of ether oxygens (including phenoxy) is 1. The van der Waals surface area contributed by atoms with Gasteiger partial charge in [0, 0.05) is 5.56 Å². The predicted octanol–water partition coefficient (Wildman–Crippen LogP) is 2.05. The van der Waals surface area contributed by atoms with Crippen LogP contribution >= 0.6 is 0 Å². The van der Waals surface area contributed by atoms with E-state index in [0.29, 0.717) is 5.75 Å². The summed E-state index contributed by atoms with van der Waals surface area (Å²) in [6.45, 7) is 0. The monoisotopic (exact) mass is 246 g/mol. The highest BCUT2D eigenvalue weighted by molar-refractivity contribution is 6.13. The van der Waals surface area contributed by atoms with Gasteiger partial charge in [-0.05, 0) is 24.3 Å². The zero-order valence-electron chi connectivity index (χ0n) is 8.82. The molecule has 0 fully saturated rings. The summed E-state index contributed by atoms with van der Waals surface area (Å²) in [6.07, 6.45) is -6.32. The van der Waals surface area contributed by atoms with E-state index in [1.165, 1.54) is 31.4 Å². The van der Waals surface area contributed by atoms with Crippen LogP contribution in [0.3, 0.4) is 0 Å². The summed E-state index contributed by atoms with van der Waals surface area (Å²) in [5.41, 5.74) is -0.160. The molecule has 92 valence electrons. The molecule has 0 spiro atoms. The van der Waals surface area contributed by atoms with E-state index in [1.807, 2.05) is 0 Å². The minimum Gasteiger partial charge on any atom is -0.497 e. The van der Waals surface area contributed by atoms with Crippen molar-refractivity contribution in [3.8, 4) is 5.75 Å². The lowest BCUT2D eigenvalue weighted by Gasteiger charge is -2.06. The van der Waals surface area contributed by atoms with E-state index >= 15 is 0 Å². The highest BCUT2D eigenvalue weighted by atomic mass is 19.3. The molecular formula is C11H9F3O3. The van der Waals surface area contributed by atoms with Crippen LogP contribution in [0.2, 0.25) is 0 Å². The summed E-state index contributed by atoms with van der Waals surface area (Å²) >= 11 is 0. The van der Waals surface area contributed by atoms with Crippen molar-refractivity contribution in [2.24, 2.45) is 0 Å². The number of alkyl halides is 3. The normalized spacial score (nSPS) is 12.3. The number of hydrogen-bond donors (Lipinski definition) is 0. The fourth-order valence-electron chi connectivity index (χ4n) is 1.14. The zero-order valence-corrected chi connectivity index (χ0v) is 8.82. The maximum Gasteiger partial charge on any atom is 0.299 e. The first-order valence-electron chi connectivity index (χ1n) is 4.61. The smallest absolute Gasteiger partial charge is 0.299 e. The van der Waals surface area contributed by atoms with Crippen LogP contribution in [-0.2, 0) is 4.79 Å². The number of methoxy groups -OCH3 is 1. The van der Waals surface area contributed by atoms with Crippen molar-refractivity contribution in [2.75, 3.05) is 7.11 Å². The molecular weight excluding hydrogens is 237 g/mol. The van der Waals surface area contributed by atoms with Crippen molar-refractivity contribution in [1.29, 1.82) is 0 Å². The minimum atomic E-state index is -3.49. The highest BCUT2D eigenvalue weighted by Crippen LogP contribution is 2.15. The van der Waals surface area contributed by atoms with Crippen molar-refractivity contribution < 1.29 is 27.5 Å². The molecule has 0 saturated heterocycles. The van der Waals surface area contributed by atoms with Crippen LogP contribution in [0, 0.1) is 0 Å². The van der Waals surface area contributed by atoms with E-state index in [9.17, 15) is 22.8 Å². The van der Waals surface area contributed by atoms with Gasteiger partial charge in [0.1, 0.15) is 5.75 Å². The SMILES string of the molecule is COc1ccc(C(=O)C(F)C(=O)C(F)F)cc1. The Morgan fingerprint density at radius 2 is 1.65 bits per heavy atom. The van der Waals surface area contributed by atoms with Gasteiger partial charge in [0.15, 0.2) is 0 Å². The summed E-state index contributed by atoms with van der Waals surface area (Å²) in [7, 11) is 1.40. The van der Waals surface area contributed by atoms with E-state index in [0.717, 1.165) is 0 Å². The minimum absolute atomic E-state index is 0.160.